The van der Waals surface area contributed by atoms with Crippen LogP contribution in [0.1, 0.15) is 16.7 Å². The number of nitrogens with one attached hydrogen (secondary N) is 1. The molecule has 0 amide bonds. The molecule has 98 valence electrons. The van der Waals surface area contributed by atoms with Crippen LogP contribution in [0.5, 0.6) is 0 Å². The maximum atomic E-state index is 7.64. The molecular weight excluding hydrogens is 276 g/mol. The van der Waals surface area contributed by atoms with E-state index < -0.39 is 0 Å². The minimum absolute atomic E-state index is 0.0373. The van der Waals surface area contributed by atoms with Crippen molar-refractivity contribution in [2.75, 3.05) is 0 Å². The van der Waals surface area contributed by atoms with Gasteiger partial charge in [0.25, 0.3) is 0 Å². The van der Waals surface area contributed by atoms with E-state index in [4.69, 9.17) is 22.7 Å². The molecule has 2 aromatic carbocycles. The molecule has 19 heavy (non-hydrogen) atoms. The summed E-state index contributed by atoms with van der Waals surface area (Å²) in [5.74, 6) is 0.0373. The highest BCUT2D eigenvalue weighted by Gasteiger charge is 2.09. The van der Waals surface area contributed by atoms with Gasteiger partial charge in [-0.3, -0.25) is 5.41 Å². The Morgan fingerprint density at radius 2 is 1.84 bits per heavy atom. The van der Waals surface area contributed by atoms with Crippen molar-refractivity contribution in [2.24, 2.45) is 5.73 Å². The maximum Gasteiger partial charge on any atom is 0.123 e. The lowest BCUT2D eigenvalue weighted by molar-refractivity contribution is 1.25. The number of amidine groups is 1. The minimum Gasteiger partial charge on any atom is -0.384 e. The smallest absolute Gasteiger partial charge is 0.123 e. The lowest BCUT2D eigenvalue weighted by atomic mass is 10.2. The zero-order valence-electron chi connectivity index (χ0n) is 10.8. The second kappa shape index (κ2) is 5.68. The predicted octanol–water partition coefficient (Wildman–Crippen LogP) is 4.39. The van der Waals surface area contributed by atoms with Crippen LogP contribution in [-0.2, 0) is 0 Å². The molecule has 0 atom stereocenters. The summed E-state index contributed by atoms with van der Waals surface area (Å²) in [5, 5.41) is 8.23. The Morgan fingerprint density at radius 1 is 1.11 bits per heavy atom. The largest absolute Gasteiger partial charge is 0.384 e. The molecule has 0 radical (unpaired) electrons. The van der Waals surface area contributed by atoms with Gasteiger partial charge in [-0.2, -0.15) is 0 Å². The molecular formula is C15H15ClN2S. The van der Waals surface area contributed by atoms with Crippen molar-refractivity contribution in [3.8, 4) is 0 Å². The molecule has 0 unspecified atom stereocenters. The molecule has 0 heterocycles. The van der Waals surface area contributed by atoms with E-state index in [-0.39, 0.29) is 5.84 Å². The molecule has 0 aliphatic carbocycles. The van der Waals surface area contributed by atoms with Crippen LogP contribution >= 0.6 is 23.4 Å². The Morgan fingerprint density at radius 3 is 2.53 bits per heavy atom. The van der Waals surface area contributed by atoms with E-state index >= 15 is 0 Å². The molecule has 2 nitrogen and oxygen atoms in total. The van der Waals surface area contributed by atoms with E-state index in [1.165, 1.54) is 16.0 Å². The minimum atomic E-state index is 0.0373. The molecule has 0 bridgehead atoms. The summed E-state index contributed by atoms with van der Waals surface area (Å²) in [6.07, 6.45) is 0. The highest BCUT2D eigenvalue weighted by atomic mass is 35.5. The van der Waals surface area contributed by atoms with Gasteiger partial charge in [-0.15, -0.1) is 0 Å². The lowest BCUT2D eigenvalue weighted by Crippen LogP contribution is -2.12. The van der Waals surface area contributed by atoms with E-state index in [1.54, 1.807) is 17.8 Å². The van der Waals surface area contributed by atoms with Crippen LogP contribution in [0.15, 0.2) is 46.2 Å². The molecule has 2 rings (SSSR count). The van der Waals surface area contributed by atoms with Crippen LogP contribution in [0.25, 0.3) is 0 Å². The first-order valence-corrected chi connectivity index (χ1v) is 7.06. The van der Waals surface area contributed by atoms with Crippen LogP contribution in [0, 0.1) is 19.3 Å². The summed E-state index contributed by atoms with van der Waals surface area (Å²) < 4.78 is 0. The topological polar surface area (TPSA) is 49.9 Å². The van der Waals surface area contributed by atoms with E-state index in [0.29, 0.717) is 10.6 Å². The number of hydrogen-bond acceptors (Lipinski definition) is 2. The Kier molecular flexibility index (Phi) is 4.17. The zero-order valence-corrected chi connectivity index (χ0v) is 12.4. The van der Waals surface area contributed by atoms with Gasteiger partial charge in [-0.25, -0.2) is 0 Å². The van der Waals surface area contributed by atoms with Crippen molar-refractivity contribution in [2.45, 2.75) is 23.6 Å². The van der Waals surface area contributed by atoms with E-state index in [0.717, 1.165) is 4.90 Å². The quantitative estimate of drug-likeness (QED) is 0.650. The first-order chi connectivity index (χ1) is 8.97. The summed E-state index contributed by atoms with van der Waals surface area (Å²) in [4.78, 5) is 2.12. The summed E-state index contributed by atoms with van der Waals surface area (Å²) in [6, 6.07) is 11.8. The van der Waals surface area contributed by atoms with Gasteiger partial charge in [-0.1, -0.05) is 35.5 Å². The fourth-order valence-electron chi connectivity index (χ4n) is 1.74. The molecule has 0 fully saturated rings. The Bertz CT molecular complexity index is 638. The molecule has 0 spiro atoms. The third kappa shape index (κ3) is 3.31. The average Bonchev–Trinajstić information content (AvgIpc) is 2.35. The van der Waals surface area contributed by atoms with Crippen LogP contribution in [0.2, 0.25) is 5.02 Å². The lowest BCUT2D eigenvalue weighted by Gasteiger charge is -2.11. The maximum absolute atomic E-state index is 7.64. The van der Waals surface area contributed by atoms with Crippen molar-refractivity contribution in [3.63, 3.8) is 0 Å². The normalized spacial score (nSPS) is 10.5. The van der Waals surface area contributed by atoms with Crippen molar-refractivity contribution in [1.82, 2.24) is 0 Å². The summed E-state index contributed by atoms with van der Waals surface area (Å²) >= 11 is 7.57. The highest BCUT2D eigenvalue weighted by molar-refractivity contribution is 7.99. The molecule has 0 aromatic heterocycles. The summed E-state index contributed by atoms with van der Waals surface area (Å²) in [5.41, 5.74) is 8.72. The SMILES string of the molecule is Cc1ccc(C)c(Sc2ccc(Cl)cc2C(=N)N)c1. The molecule has 0 saturated carbocycles. The van der Waals surface area contributed by atoms with Gasteiger partial charge < -0.3 is 5.73 Å². The van der Waals surface area contributed by atoms with Crippen LogP contribution in [-0.4, -0.2) is 5.84 Å². The van der Waals surface area contributed by atoms with E-state index in [9.17, 15) is 0 Å². The van der Waals surface area contributed by atoms with Gasteiger partial charge in [0.05, 0.1) is 0 Å². The second-order valence-corrected chi connectivity index (χ2v) is 5.95. The van der Waals surface area contributed by atoms with E-state index in [1.807, 2.05) is 12.1 Å². The first-order valence-electron chi connectivity index (χ1n) is 5.86. The number of aryl methyl sites for hydroxylation is 2. The average molecular weight is 291 g/mol. The van der Waals surface area contributed by atoms with Crippen molar-refractivity contribution < 1.29 is 0 Å². The van der Waals surface area contributed by atoms with Gasteiger partial charge in [0, 0.05) is 20.4 Å². The van der Waals surface area contributed by atoms with Crippen LogP contribution in [0.3, 0.4) is 0 Å². The third-order valence-electron chi connectivity index (χ3n) is 2.80. The van der Waals surface area contributed by atoms with Gasteiger partial charge >= 0.3 is 0 Å². The van der Waals surface area contributed by atoms with Gasteiger partial charge in [0.1, 0.15) is 5.84 Å². The molecule has 0 aliphatic heterocycles. The Labute approximate surface area is 122 Å². The third-order valence-corrected chi connectivity index (χ3v) is 4.27. The standard InChI is InChI=1S/C15H15ClN2S/c1-9-3-4-10(2)14(7-9)19-13-6-5-11(16)8-12(13)15(17)18/h3-8H,1-2H3,(H3,17,18). The number of halogens is 1. The van der Waals surface area contributed by atoms with E-state index in [2.05, 4.69) is 32.0 Å². The zero-order chi connectivity index (χ0) is 14.0. The monoisotopic (exact) mass is 290 g/mol. The van der Waals surface area contributed by atoms with Crippen LogP contribution < -0.4 is 5.73 Å². The number of hydrogen-bond donors (Lipinski definition) is 2. The molecule has 0 aliphatic rings. The van der Waals surface area contributed by atoms with Crippen LogP contribution in [0.4, 0.5) is 0 Å². The number of benzene rings is 2. The fraction of sp³-hybridized carbons (Fsp3) is 0.133. The fourth-order valence-corrected chi connectivity index (χ4v) is 3.04. The Hall–Kier alpha value is -1.45. The Balaban J connectivity index is 2.43. The van der Waals surface area contributed by atoms with Crippen molar-refractivity contribution >= 4 is 29.2 Å². The summed E-state index contributed by atoms with van der Waals surface area (Å²) in [6.45, 7) is 4.14. The van der Waals surface area contributed by atoms with Gasteiger partial charge in [0.2, 0.25) is 0 Å². The number of nitrogens with two attached hydrogens (primary N) is 1. The van der Waals surface area contributed by atoms with Gasteiger partial charge in [0.15, 0.2) is 0 Å². The highest BCUT2D eigenvalue weighted by Crippen LogP contribution is 2.34. The second-order valence-electron chi connectivity index (χ2n) is 4.43. The molecule has 3 N–H and O–H groups in total. The van der Waals surface area contributed by atoms with Crippen molar-refractivity contribution in [1.29, 1.82) is 5.41 Å². The number of rotatable bonds is 3. The molecule has 2 aromatic rings. The summed E-state index contributed by atoms with van der Waals surface area (Å²) in [7, 11) is 0. The molecule has 4 heteroatoms. The molecule has 0 saturated heterocycles. The van der Waals surface area contributed by atoms with Gasteiger partial charge in [-0.05, 0) is 49.2 Å². The number of nitrogen functional groups attached to an aromatic ring is 1. The predicted molar refractivity (Wildman–Crippen MR) is 82.5 cm³/mol. The first kappa shape index (κ1) is 14.0. The van der Waals surface area contributed by atoms with Crippen molar-refractivity contribution in [3.05, 3.63) is 58.1 Å².